The fraction of sp³-hybridized carbons (Fsp3) is 0.250. The number of carbonyl (C=O) groups is 25. The number of hydrogen-bond donors (Lipinski definition) is 4. The zero-order valence-corrected chi connectivity index (χ0v) is 83.3. The van der Waals surface area contributed by atoms with Gasteiger partial charge in [0.2, 0.25) is 5.91 Å². The summed E-state index contributed by atoms with van der Waals surface area (Å²) in [5.41, 5.74) is -1.41. The van der Waals surface area contributed by atoms with E-state index in [9.17, 15) is 130 Å². The van der Waals surface area contributed by atoms with Crippen molar-refractivity contribution in [2.75, 3.05) is 59.1 Å². The molecule has 4 aromatic rings. The van der Waals surface area contributed by atoms with Crippen LogP contribution < -0.4 is 0 Å². The Hall–Kier alpha value is -13.9. The average molecular weight is 2280 g/mol. The van der Waals surface area contributed by atoms with Gasteiger partial charge in [-0.25, -0.2) is 14.4 Å². The molecule has 42 nitrogen and oxygen atoms in total. The van der Waals surface area contributed by atoms with Crippen LogP contribution in [0.25, 0.3) is 0 Å². The van der Waals surface area contributed by atoms with Crippen LogP contribution in [0.4, 0.5) is 0 Å². The summed E-state index contributed by atoms with van der Waals surface area (Å²) in [6.07, 6.45) is 12.7. The summed E-state index contributed by atoms with van der Waals surface area (Å²) in [7, 11) is 0. The summed E-state index contributed by atoms with van der Waals surface area (Å²) in [5, 5.41) is 37.3. The molecule has 4 aromatic carbocycles. The summed E-state index contributed by atoms with van der Waals surface area (Å²) in [5.74, 6) is -18.4. The molecule has 2 fully saturated rings. The van der Waals surface area contributed by atoms with Gasteiger partial charge in [0.1, 0.15) is 44.4 Å². The number of thioether (sulfide) groups is 4. The Morgan fingerprint density at radius 3 is 1.06 bits per heavy atom. The van der Waals surface area contributed by atoms with Gasteiger partial charge in [0.25, 0.3) is 106 Å². The van der Waals surface area contributed by atoms with Gasteiger partial charge in [-0.15, -0.1) is 0 Å². The van der Waals surface area contributed by atoms with Crippen molar-refractivity contribution in [1.82, 2.24) is 49.0 Å². The highest BCUT2D eigenvalue weighted by molar-refractivity contribution is 9.12. The summed E-state index contributed by atoms with van der Waals surface area (Å²) in [4.78, 5) is 313. The van der Waals surface area contributed by atoms with Gasteiger partial charge < -0.3 is 39.5 Å². The molecule has 19 amide bonds. The number of halogens is 4. The van der Waals surface area contributed by atoms with Crippen molar-refractivity contribution < 1.29 is 155 Å². The molecular weight excluding hydrogens is 2200 g/mol. The van der Waals surface area contributed by atoms with Crippen LogP contribution >= 0.6 is 111 Å². The van der Waals surface area contributed by atoms with Crippen LogP contribution in [-0.4, -0.2) is 313 Å². The third-order valence-electron chi connectivity index (χ3n) is 21.8. The standard InChI is InChI=1S/C25H20N2O7S2.C23H16N2O6S2.C17H14Br2N2O10.C15H15BrN2O4.C12H11BrN2O5/c28-21-11-19(35-17-7-3-1-4-8-17)24(32)26(21)13-16(34-15-23(30)31)14-27-22(29)12-20(25(27)33)36-18-9-5-2-6-10-18;26-19-11-17(32-14-7-3-1-4-8-14)21(28)24(19)13-16(23(30)31)25-20(27)12-18(22(25)29)33-15-9-5-2-6-10-15;1-17(16(28)29,6-30-12(24)4-20-10(22)2-8(18)14(20)26)7-31-13(25)5-21-11(23)3-9(19)15(21)27;1-8-6-12(19)17(14(8)21)9-2-4-10(5-3-9)18-13(20)7-11(16)15(18)22;1-2-9(16)14-5-6(3-8(14)12(19)20)15-10(17)4-7(13)11(15)18/h1-12,16H,13-15H2,(H,30,31);1-12,16H,13H2,(H,30,31);2-3H,4-7H2,1H3,(H,28,29);6-7,9-10H,2-5H2,1H3;2,4,6,8H,1,3,5H2,(H,19,20)/t;;;;6-,8-/m....0/s1. The van der Waals surface area contributed by atoms with E-state index in [1.165, 1.54) is 34.1 Å². The quantitative estimate of drug-likeness (QED) is 0.0253. The number of benzene rings is 4. The van der Waals surface area contributed by atoms with E-state index in [1.54, 1.807) is 110 Å². The highest BCUT2D eigenvalue weighted by atomic mass is 79.9. The van der Waals surface area contributed by atoms with E-state index in [0.717, 1.165) is 130 Å². The lowest BCUT2D eigenvalue weighted by molar-refractivity contribution is -0.169. The second-order valence-electron chi connectivity index (χ2n) is 31.5. The molecule has 1 aliphatic carbocycles. The first kappa shape index (κ1) is 109. The largest absolute Gasteiger partial charge is 0.481 e. The molecule has 1 saturated carbocycles. The number of amides is 19. The molecular formula is C92H76Br4N10O32S4. The van der Waals surface area contributed by atoms with Crippen molar-refractivity contribution in [1.29, 1.82) is 0 Å². The number of aliphatic carboxylic acids is 4. The molecule has 4 N–H and O–H groups in total. The monoisotopic (exact) mass is 2280 g/mol. The van der Waals surface area contributed by atoms with Gasteiger partial charge in [0, 0.05) is 105 Å². The number of ether oxygens (including phenoxy) is 3. The first-order valence-electron chi connectivity index (χ1n) is 41.8. The topological polar surface area (TPSA) is 568 Å². The van der Waals surface area contributed by atoms with E-state index in [-0.39, 0.29) is 99.3 Å². The van der Waals surface area contributed by atoms with E-state index in [0.29, 0.717) is 50.9 Å². The van der Waals surface area contributed by atoms with Crippen LogP contribution in [0.15, 0.2) is 251 Å². The molecule has 0 bridgehead atoms. The second-order valence-corrected chi connectivity index (χ2v) is 39.4. The molecule has 15 rings (SSSR count). The Balaban J connectivity index is 0.000000172. The third-order valence-corrected chi connectivity index (χ3v) is 28.1. The van der Waals surface area contributed by atoms with E-state index < -0.39 is 194 Å². The van der Waals surface area contributed by atoms with Gasteiger partial charge in [0.05, 0.1) is 69.3 Å². The molecule has 1 saturated heterocycles. The Morgan fingerprint density at radius 1 is 0.415 bits per heavy atom. The maximum absolute atomic E-state index is 12.9. The van der Waals surface area contributed by atoms with Gasteiger partial charge in [-0.2, -0.15) is 0 Å². The summed E-state index contributed by atoms with van der Waals surface area (Å²) in [6, 6.07) is 32.1. The second kappa shape index (κ2) is 48.1. The molecule has 10 aliphatic heterocycles. The van der Waals surface area contributed by atoms with Crippen LogP contribution in [0.3, 0.4) is 0 Å². The number of rotatable bonds is 33. The molecule has 0 radical (unpaired) electrons. The molecule has 0 aromatic heterocycles. The molecule has 50 heteroatoms. The Morgan fingerprint density at radius 2 is 0.746 bits per heavy atom. The Labute approximate surface area is 854 Å². The number of imide groups is 9. The zero-order valence-electron chi connectivity index (χ0n) is 73.7. The molecule has 738 valence electrons. The number of carboxylic acid groups (broad SMARTS) is 4. The lowest BCUT2D eigenvalue weighted by Crippen LogP contribution is -2.52. The molecule has 3 atom stereocenters. The summed E-state index contributed by atoms with van der Waals surface area (Å²) in [6.45, 7) is 1.11. The minimum absolute atomic E-state index is 0.00653. The van der Waals surface area contributed by atoms with Crippen molar-refractivity contribution in [3.05, 3.63) is 232 Å². The minimum atomic E-state index is -1.87. The van der Waals surface area contributed by atoms with Crippen molar-refractivity contribution in [3.8, 4) is 0 Å². The Kier molecular flexibility index (Phi) is 36.7. The van der Waals surface area contributed by atoms with Crippen LogP contribution in [0.2, 0.25) is 0 Å². The number of nitrogens with zero attached hydrogens (tertiary/aromatic N) is 10. The molecule has 1 unspecified atom stereocenters. The maximum atomic E-state index is 12.9. The SMILES string of the molecule is C=CC(=O)N1C[C@@H](N2C(=O)C=C(Br)C2=O)C[C@H]1C(=O)O.CC(COC(=O)CN1C(=O)C=C(Br)C1=O)(COC(=O)CN1C(=O)C=C(Br)C1=O)C(=O)O.CC1=CC(=O)N(C2CCC(N3C(=O)C=C(Br)C3=O)CC2)C1=O.O=C(O)C(CN1C(=O)C=C(Sc2ccccc2)C1=O)N1C(=O)C=C(Sc2ccccc2)C1=O.O=C(O)COC(CN1C(=O)C=C(Sc2ccccc2)C1=O)CN1C(=O)C=C(Sc2ccccc2)C1=O. The van der Waals surface area contributed by atoms with Crippen molar-refractivity contribution in [3.63, 3.8) is 0 Å². The highest BCUT2D eigenvalue weighted by Crippen LogP contribution is 2.40. The minimum Gasteiger partial charge on any atom is -0.481 e. The predicted molar refractivity (Wildman–Crippen MR) is 509 cm³/mol. The first-order chi connectivity index (χ1) is 67.3. The smallest absolute Gasteiger partial charge is 0.329 e. The summed E-state index contributed by atoms with van der Waals surface area (Å²) < 4.78 is 15.4. The van der Waals surface area contributed by atoms with Crippen LogP contribution in [0.5, 0.6) is 0 Å². The molecule has 11 aliphatic rings. The van der Waals surface area contributed by atoms with Crippen LogP contribution in [0, 0.1) is 5.41 Å². The summed E-state index contributed by atoms with van der Waals surface area (Å²) >= 11 is 16.1. The fourth-order valence-electron chi connectivity index (χ4n) is 14.7. The normalized spacial score (nSPS) is 19.7. The number of carboxylic acids is 4. The van der Waals surface area contributed by atoms with E-state index >= 15 is 0 Å². The lowest BCUT2D eigenvalue weighted by Gasteiger charge is -2.36. The van der Waals surface area contributed by atoms with Crippen LogP contribution in [-0.2, 0) is 134 Å². The first-order valence-corrected chi connectivity index (χ1v) is 48.2. The van der Waals surface area contributed by atoms with E-state index in [2.05, 4.69) is 70.3 Å². The highest BCUT2D eigenvalue weighted by Gasteiger charge is 2.50. The van der Waals surface area contributed by atoms with Gasteiger partial charge >= 0.3 is 35.8 Å². The third kappa shape index (κ3) is 26.5. The average Bonchev–Trinajstić information content (AvgIpc) is 1.62. The van der Waals surface area contributed by atoms with E-state index in [4.69, 9.17) is 24.4 Å². The van der Waals surface area contributed by atoms with Gasteiger partial charge in [0.15, 0.2) is 6.04 Å². The lowest BCUT2D eigenvalue weighted by atomic mass is 9.89. The Bertz CT molecular complexity index is 6130. The van der Waals surface area contributed by atoms with Gasteiger partial charge in [-0.1, -0.05) is 126 Å². The number of esters is 2. The maximum Gasteiger partial charge on any atom is 0.329 e. The van der Waals surface area contributed by atoms with Crippen molar-refractivity contribution in [2.45, 2.75) is 102 Å². The van der Waals surface area contributed by atoms with Crippen molar-refractivity contribution >= 4 is 259 Å². The zero-order chi connectivity index (χ0) is 104. The number of likely N-dealkylation sites (tertiary alicyclic amines) is 1. The fourth-order valence-corrected chi connectivity index (χ4v) is 19.9. The number of carbonyl (C=O) groups excluding carboxylic acids is 21. The molecule has 10 heterocycles. The van der Waals surface area contributed by atoms with Crippen LogP contribution in [0.1, 0.15) is 46.0 Å². The van der Waals surface area contributed by atoms with Gasteiger partial charge in [-0.3, -0.25) is 150 Å². The van der Waals surface area contributed by atoms with Crippen molar-refractivity contribution in [2.24, 2.45) is 5.41 Å². The molecule has 142 heavy (non-hydrogen) atoms. The molecule has 0 spiro atoms. The number of hydrogen-bond acceptors (Lipinski definition) is 32. The van der Waals surface area contributed by atoms with Gasteiger partial charge in [-0.05, 0) is 158 Å². The van der Waals surface area contributed by atoms with E-state index in [1.807, 2.05) is 18.2 Å². The predicted octanol–water partition coefficient (Wildman–Crippen LogP) is 5.67.